The van der Waals surface area contributed by atoms with Gasteiger partial charge in [-0.1, -0.05) is 26.8 Å². The highest BCUT2D eigenvalue weighted by Gasteiger charge is 2.31. The summed E-state index contributed by atoms with van der Waals surface area (Å²) in [5, 5.41) is 2.91. The maximum atomic E-state index is 13.5. The fraction of sp³-hybridized carbons (Fsp3) is 0.600. The van der Waals surface area contributed by atoms with Gasteiger partial charge in [0.05, 0.1) is 4.90 Å². The van der Waals surface area contributed by atoms with Crippen molar-refractivity contribution in [3.63, 3.8) is 0 Å². The van der Waals surface area contributed by atoms with E-state index in [1.807, 2.05) is 20.8 Å². The molecule has 1 rings (SSSR count). The maximum Gasteiger partial charge on any atom is 0.241 e. The summed E-state index contributed by atoms with van der Waals surface area (Å²) >= 11 is 0. The van der Waals surface area contributed by atoms with Crippen LogP contribution < -0.4 is 10.0 Å². The van der Waals surface area contributed by atoms with Gasteiger partial charge in [-0.3, -0.25) is 0 Å². The van der Waals surface area contributed by atoms with Crippen LogP contribution in [-0.4, -0.2) is 21.0 Å². The van der Waals surface area contributed by atoms with Gasteiger partial charge in [0.15, 0.2) is 0 Å². The van der Waals surface area contributed by atoms with Gasteiger partial charge in [-0.05, 0) is 44.0 Å². The monoisotopic (exact) mass is 316 g/mol. The van der Waals surface area contributed by atoms with E-state index in [-0.39, 0.29) is 4.90 Å². The molecule has 0 atom stereocenters. The molecule has 0 amide bonds. The van der Waals surface area contributed by atoms with E-state index >= 15 is 0 Å². The molecule has 0 aliphatic heterocycles. The Morgan fingerprint density at radius 3 is 2.19 bits per heavy atom. The lowest BCUT2D eigenvalue weighted by molar-refractivity contribution is 0.341. The summed E-state index contributed by atoms with van der Waals surface area (Å²) in [6.07, 6.45) is 2.07. The van der Waals surface area contributed by atoms with Crippen molar-refractivity contribution in [3.05, 3.63) is 29.6 Å². The molecular formula is C15H25FN2O2S. The molecule has 0 heterocycles. The largest absolute Gasteiger partial charge is 0.316 e. The maximum absolute atomic E-state index is 13.5. The number of nitrogens with one attached hydrogen (secondary N) is 2. The highest BCUT2D eigenvalue weighted by atomic mass is 32.2. The lowest BCUT2D eigenvalue weighted by Crippen LogP contribution is -2.47. The van der Waals surface area contributed by atoms with Crippen LogP contribution in [0.1, 0.15) is 45.6 Å². The Bertz CT molecular complexity index is 561. The number of hydrogen-bond acceptors (Lipinski definition) is 3. The summed E-state index contributed by atoms with van der Waals surface area (Å²) in [5.41, 5.74) is 0.0748. The number of benzene rings is 1. The Balaban J connectivity index is 3.27. The van der Waals surface area contributed by atoms with Gasteiger partial charge in [0.2, 0.25) is 10.0 Å². The molecule has 120 valence electrons. The molecule has 0 fully saturated rings. The third kappa shape index (κ3) is 4.25. The molecule has 0 aliphatic carbocycles. The van der Waals surface area contributed by atoms with Gasteiger partial charge >= 0.3 is 0 Å². The normalized spacial score (nSPS) is 12.6. The molecular weight excluding hydrogens is 291 g/mol. The molecule has 0 unspecified atom stereocenters. The van der Waals surface area contributed by atoms with E-state index in [4.69, 9.17) is 0 Å². The fourth-order valence-electron chi connectivity index (χ4n) is 2.42. The first-order chi connectivity index (χ1) is 9.84. The molecule has 0 bridgehead atoms. The lowest BCUT2D eigenvalue weighted by atomic mass is 9.91. The molecule has 0 aromatic heterocycles. The Labute approximate surface area is 127 Å². The molecule has 21 heavy (non-hydrogen) atoms. The Morgan fingerprint density at radius 2 is 1.71 bits per heavy atom. The van der Waals surface area contributed by atoms with Crippen molar-refractivity contribution in [2.24, 2.45) is 0 Å². The van der Waals surface area contributed by atoms with Crippen LogP contribution in [0.3, 0.4) is 0 Å². The summed E-state index contributed by atoms with van der Waals surface area (Å²) in [4.78, 5) is 0.0107. The standard InChI is InChI=1S/C15H25FN2O2S/c1-5-15(6-2,7-3)18-21(19,20)14-10-13(16)9-8-12(14)11-17-4/h8-10,17-18H,5-7,11H2,1-4H3. The van der Waals surface area contributed by atoms with Crippen LogP contribution in [0.25, 0.3) is 0 Å². The second kappa shape index (κ2) is 7.33. The van der Waals surface area contributed by atoms with Gasteiger partial charge in [0, 0.05) is 12.1 Å². The number of rotatable bonds is 8. The van der Waals surface area contributed by atoms with E-state index in [2.05, 4.69) is 10.0 Å². The van der Waals surface area contributed by atoms with Crippen molar-refractivity contribution in [2.75, 3.05) is 7.05 Å². The van der Waals surface area contributed by atoms with Gasteiger partial charge in [-0.15, -0.1) is 0 Å². The first kappa shape index (κ1) is 18.1. The van der Waals surface area contributed by atoms with E-state index in [0.717, 1.165) is 6.07 Å². The van der Waals surface area contributed by atoms with E-state index < -0.39 is 21.4 Å². The van der Waals surface area contributed by atoms with Crippen LogP contribution in [0.2, 0.25) is 0 Å². The molecule has 1 aromatic rings. The highest BCUT2D eigenvalue weighted by molar-refractivity contribution is 7.89. The van der Waals surface area contributed by atoms with Crippen molar-refractivity contribution in [1.29, 1.82) is 0 Å². The topological polar surface area (TPSA) is 58.2 Å². The van der Waals surface area contributed by atoms with E-state index in [1.165, 1.54) is 12.1 Å². The van der Waals surface area contributed by atoms with Crippen molar-refractivity contribution in [1.82, 2.24) is 10.0 Å². The smallest absolute Gasteiger partial charge is 0.241 e. The molecule has 6 heteroatoms. The SMILES string of the molecule is CCC(CC)(CC)NS(=O)(=O)c1cc(F)ccc1CNC. The van der Waals surface area contributed by atoms with Crippen LogP contribution in [0.5, 0.6) is 0 Å². The second-order valence-electron chi connectivity index (χ2n) is 5.23. The first-order valence-electron chi connectivity index (χ1n) is 7.31. The molecule has 0 saturated heterocycles. The predicted octanol–water partition coefficient (Wildman–Crippen LogP) is 2.79. The Hall–Kier alpha value is -0.980. The zero-order valence-electron chi connectivity index (χ0n) is 13.2. The van der Waals surface area contributed by atoms with Crippen molar-refractivity contribution in [2.45, 2.75) is 57.0 Å². The molecule has 2 N–H and O–H groups in total. The van der Waals surface area contributed by atoms with Crippen molar-refractivity contribution < 1.29 is 12.8 Å². The van der Waals surface area contributed by atoms with Crippen LogP contribution in [0, 0.1) is 5.82 Å². The molecule has 1 aromatic carbocycles. The second-order valence-corrected chi connectivity index (χ2v) is 6.88. The Morgan fingerprint density at radius 1 is 1.14 bits per heavy atom. The minimum absolute atomic E-state index is 0.0107. The summed E-state index contributed by atoms with van der Waals surface area (Å²) < 4.78 is 41.6. The quantitative estimate of drug-likeness (QED) is 0.775. The molecule has 0 aliphatic rings. The molecule has 0 radical (unpaired) electrons. The summed E-state index contributed by atoms with van der Waals surface area (Å²) in [5.74, 6) is -0.551. The van der Waals surface area contributed by atoms with E-state index in [1.54, 1.807) is 7.05 Å². The Kier molecular flexibility index (Phi) is 6.31. The number of halogens is 1. The van der Waals surface area contributed by atoms with Gasteiger partial charge in [0.1, 0.15) is 5.82 Å². The van der Waals surface area contributed by atoms with Crippen LogP contribution in [-0.2, 0) is 16.6 Å². The third-order valence-corrected chi connectivity index (χ3v) is 5.73. The van der Waals surface area contributed by atoms with Crippen LogP contribution in [0.15, 0.2) is 23.1 Å². The summed E-state index contributed by atoms with van der Waals surface area (Å²) in [6.45, 7) is 6.23. The van der Waals surface area contributed by atoms with Gasteiger partial charge in [-0.2, -0.15) is 0 Å². The van der Waals surface area contributed by atoms with Gasteiger partial charge < -0.3 is 5.32 Å². The molecule has 4 nitrogen and oxygen atoms in total. The van der Waals surface area contributed by atoms with Gasteiger partial charge in [-0.25, -0.2) is 17.5 Å². The fourth-order valence-corrected chi connectivity index (χ4v) is 4.29. The number of hydrogen-bond donors (Lipinski definition) is 2. The molecule has 0 saturated carbocycles. The third-order valence-electron chi connectivity index (χ3n) is 4.07. The summed E-state index contributed by atoms with van der Waals surface area (Å²) in [6, 6.07) is 3.87. The van der Waals surface area contributed by atoms with E-state index in [0.29, 0.717) is 31.4 Å². The average molecular weight is 316 g/mol. The van der Waals surface area contributed by atoms with Crippen LogP contribution in [0.4, 0.5) is 4.39 Å². The zero-order chi connectivity index (χ0) is 16.1. The minimum atomic E-state index is -3.76. The zero-order valence-corrected chi connectivity index (χ0v) is 14.0. The summed E-state index contributed by atoms with van der Waals surface area (Å²) in [7, 11) is -2.04. The van der Waals surface area contributed by atoms with Gasteiger partial charge in [0.25, 0.3) is 0 Å². The van der Waals surface area contributed by atoms with Crippen molar-refractivity contribution in [3.8, 4) is 0 Å². The minimum Gasteiger partial charge on any atom is -0.316 e. The van der Waals surface area contributed by atoms with E-state index in [9.17, 15) is 12.8 Å². The average Bonchev–Trinajstić information content (AvgIpc) is 2.47. The van der Waals surface area contributed by atoms with Crippen LogP contribution >= 0.6 is 0 Å². The highest BCUT2D eigenvalue weighted by Crippen LogP contribution is 2.25. The lowest BCUT2D eigenvalue weighted by Gasteiger charge is -2.31. The predicted molar refractivity (Wildman–Crippen MR) is 83.1 cm³/mol. The van der Waals surface area contributed by atoms with Crippen molar-refractivity contribution >= 4 is 10.0 Å². The number of sulfonamides is 1. The molecule has 0 spiro atoms. The first-order valence-corrected chi connectivity index (χ1v) is 8.79.